The van der Waals surface area contributed by atoms with E-state index in [-0.39, 0.29) is 11.7 Å². The van der Waals surface area contributed by atoms with Crippen LogP contribution < -0.4 is 5.32 Å². The molecule has 1 aromatic heterocycles. The first-order chi connectivity index (χ1) is 14.7. The van der Waals surface area contributed by atoms with E-state index in [2.05, 4.69) is 53.0 Å². The number of carbonyl (C=O) groups is 1. The topological polar surface area (TPSA) is 63.1 Å². The van der Waals surface area contributed by atoms with Crippen molar-refractivity contribution in [2.45, 2.75) is 31.0 Å². The van der Waals surface area contributed by atoms with Crippen LogP contribution >= 0.6 is 27.7 Å². The van der Waals surface area contributed by atoms with Gasteiger partial charge in [-0.15, -0.1) is 10.2 Å². The summed E-state index contributed by atoms with van der Waals surface area (Å²) >= 11 is 4.83. The standard InChI is InChI=1S/C22H24BrN5OS/c23-17-8-7-9-18(14-17)24-21(29)16-30-22-26-25-20(15-27-12-5-2-6-13-27)28(22)19-10-3-1-4-11-19/h1,3-4,7-11,14H,2,5-6,12-13,15-16H2,(H,24,29). The van der Waals surface area contributed by atoms with E-state index in [0.29, 0.717) is 0 Å². The molecule has 3 aromatic rings. The van der Waals surface area contributed by atoms with Gasteiger partial charge >= 0.3 is 0 Å². The lowest BCUT2D eigenvalue weighted by molar-refractivity contribution is -0.113. The molecule has 0 saturated carbocycles. The third-order valence-corrected chi connectivity index (χ3v) is 6.39. The highest BCUT2D eigenvalue weighted by Gasteiger charge is 2.19. The van der Waals surface area contributed by atoms with Gasteiger partial charge in [-0.05, 0) is 56.3 Å². The number of carbonyl (C=O) groups excluding carboxylic acids is 1. The summed E-state index contributed by atoms with van der Waals surface area (Å²) in [7, 11) is 0. The Balaban J connectivity index is 1.48. The van der Waals surface area contributed by atoms with Gasteiger partial charge in [0.05, 0.1) is 12.3 Å². The molecule has 1 fully saturated rings. The van der Waals surface area contributed by atoms with Gasteiger partial charge in [0, 0.05) is 15.8 Å². The summed E-state index contributed by atoms with van der Waals surface area (Å²) in [5, 5.41) is 12.5. The average Bonchev–Trinajstić information content (AvgIpc) is 3.16. The largest absolute Gasteiger partial charge is 0.325 e. The first-order valence-electron chi connectivity index (χ1n) is 10.1. The number of nitrogens with one attached hydrogen (secondary N) is 1. The number of nitrogens with zero attached hydrogens (tertiary/aromatic N) is 4. The van der Waals surface area contributed by atoms with E-state index in [9.17, 15) is 4.79 Å². The minimum atomic E-state index is -0.0710. The van der Waals surface area contributed by atoms with Crippen LogP contribution in [0.2, 0.25) is 0 Å². The molecule has 0 spiro atoms. The second kappa shape index (κ2) is 10.2. The SMILES string of the molecule is O=C(CSc1nnc(CN2CCCCC2)n1-c1ccccc1)Nc1cccc(Br)c1. The third-order valence-electron chi connectivity index (χ3n) is 4.97. The molecule has 0 bridgehead atoms. The molecule has 0 atom stereocenters. The molecule has 1 amide bonds. The van der Waals surface area contributed by atoms with E-state index in [1.165, 1.54) is 31.0 Å². The van der Waals surface area contributed by atoms with Crippen molar-refractivity contribution in [3.8, 4) is 5.69 Å². The van der Waals surface area contributed by atoms with Crippen molar-refractivity contribution in [2.24, 2.45) is 0 Å². The number of benzene rings is 2. The zero-order valence-electron chi connectivity index (χ0n) is 16.6. The van der Waals surface area contributed by atoms with Crippen molar-refractivity contribution in [3.05, 3.63) is 64.9 Å². The van der Waals surface area contributed by atoms with Gasteiger partial charge in [-0.3, -0.25) is 14.3 Å². The van der Waals surface area contributed by atoms with Crippen LogP contribution in [0.25, 0.3) is 5.69 Å². The number of rotatable bonds is 7. The smallest absolute Gasteiger partial charge is 0.234 e. The molecular weight excluding hydrogens is 462 g/mol. The predicted molar refractivity (Wildman–Crippen MR) is 124 cm³/mol. The molecule has 8 heteroatoms. The van der Waals surface area contributed by atoms with Gasteiger partial charge in [-0.2, -0.15) is 0 Å². The molecule has 6 nitrogen and oxygen atoms in total. The van der Waals surface area contributed by atoms with E-state index < -0.39 is 0 Å². The van der Waals surface area contributed by atoms with Crippen LogP contribution in [-0.4, -0.2) is 44.4 Å². The van der Waals surface area contributed by atoms with Crippen LogP contribution in [0.1, 0.15) is 25.1 Å². The normalized spacial score (nSPS) is 14.6. The van der Waals surface area contributed by atoms with Crippen LogP contribution in [-0.2, 0) is 11.3 Å². The Labute approximate surface area is 189 Å². The minimum absolute atomic E-state index is 0.0710. The number of thioether (sulfide) groups is 1. The maximum absolute atomic E-state index is 12.5. The van der Waals surface area contributed by atoms with Crippen molar-refractivity contribution < 1.29 is 4.79 Å². The van der Waals surface area contributed by atoms with Crippen molar-refractivity contribution >= 4 is 39.3 Å². The number of aromatic nitrogens is 3. The second-order valence-electron chi connectivity index (χ2n) is 7.25. The van der Waals surface area contributed by atoms with Crippen molar-refractivity contribution in [1.82, 2.24) is 19.7 Å². The fourth-order valence-electron chi connectivity index (χ4n) is 3.54. The summed E-state index contributed by atoms with van der Waals surface area (Å²) in [6.45, 7) is 2.96. The number of amides is 1. The third kappa shape index (κ3) is 5.50. The van der Waals surface area contributed by atoms with Crippen LogP contribution in [0, 0.1) is 0 Å². The zero-order chi connectivity index (χ0) is 20.8. The first kappa shape index (κ1) is 21.1. The Hall–Kier alpha value is -2.16. The molecule has 1 aliphatic heterocycles. The van der Waals surface area contributed by atoms with E-state index in [0.717, 1.165) is 46.5 Å². The van der Waals surface area contributed by atoms with Gasteiger partial charge in [0.15, 0.2) is 11.0 Å². The van der Waals surface area contributed by atoms with Gasteiger partial charge in [-0.25, -0.2) is 0 Å². The van der Waals surface area contributed by atoms with E-state index in [1.807, 2.05) is 42.5 Å². The van der Waals surface area contributed by atoms with Gasteiger partial charge in [-0.1, -0.05) is 58.4 Å². The number of anilines is 1. The number of hydrogen-bond acceptors (Lipinski definition) is 5. The van der Waals surface area contributed by atoms with E-state index in [1.54, 1.807) is 0 Å². The molecular formula is C22H24BrN5OS. The van der Waals surface area contributed by atoms with Gasteiger partial charge < -0.3 is 5.32 Å². The highest BCUT2D eigenvalue weighted by Crippen LogP contribution is 2.24. The molecule has 2 heterocycles. The van der Waals surface area contributed by atoms with Gasteiger partial charge in [0.2, 0.25) is 5.91 Å². The quantitative estimate of drug-likeness (QED) is 0.489. The van der Waals surface area contributed by atoms with E-state index in [4.69, 9.17) is 0 Å². The molecule has 0 aliphatic carbocycles. The Morgan fingerprint density at radius 3 is 2.60 bits per heavy atom. The summed E-state index contributed by atoms with van der Waals surface area (Å²) in [6.07, 6.45) is 3.77. The molecule has 4 rings (SSSR count). The Bertz CT molecular complexity index is 988. The molecule has 2 aromatic carbocycles. The fraction of sp³-hybridized carbons (Fsp3) is 0.318. The summed E-state index contributed by atoms with van der Waals surface area (Å²) in [5.74, 6) is 1.11. The molecule has 30 heavy (non-hydrogen) atoms. The molecule has 1 N–H and O–H groups in total. The van der Waals surface area contributed by atoms with Gasteiger partial charge in [0.25, 0.3) is 0 Å². The number of likely N-dealkylation sites (tertiary alicyclic amines) is 1. The molecule has 156 valence electrons. The Kier molecular flexibility index (Phi) is 7.20. The molecule has 0 unspecified atom stereocenters. The maximum atomic E-state index is 12.5. The van der Waals surface area contributed by atoms with Gasteiger partial charge in [0.1, 0.15) is 0 Å². The highest BCUT2D eigenvalue weighted by atomic mass is 79.9. The molecule has 1 aliphatic rings. The van der Waals surface area contributed by atoms with Crippen LogP contribution in [0.4, 0.5) is 5.69 Å². The lowest BCUT2D eigenvalue weighted by atomic mass is 10.1. The van der Waals surface area contributed by atoms with Crippen molar-refractivity contribution in [1.29, 1.82) is 0 Å². The fourth-order valence-corrected chi connectivity index (χ4v) is 4.71. The summed E-state index contributed by atoms with van der Waals surface area (Å²) < 4.78 is 3.00. The lowest BCUT2D eigenvalue weighted by Gasteiger charge is -2.26. The predicted octanol–water partition coefficient (Wildman–Crippen LogP) is 4.75. The summed E-state index contributed by atoms with van der Waals surface area (Å²) in [6, 6.07) is 17.7. The summed E-state index contributed by atoms with van der Waals surface area (Å²) in [4.78, 5) is 14.9. The number of para-hydroxylation sites is 1. The Morgan fingerprint density at radius 1 is 1.03 bits per heavy atom. The van der Waals surface area contributed by atoms with E-state index >= 15 is 0 Å². The Morgan fingerprint density at radius 2 is 1.83 bits per heavy atom. The highest BCUT2D eigenvalue weighted by molar-refractivity contribution is 9.10. The zero-order valence-corrected chi connectivity index (χ0v) is 19.0. The number of piperidine rings is 1. The first-order valence-corrected chi connectivity index (χ1v) is 11.9. The number of halogens is 1. The number of hydrogen-bond donors (Lipinski definition) is 1. The average molecular weight is 486 g/mol. The molecule has 1 saturated heterocycles. The minimum Gasteiger partial charge on any atom is -0.325 e. The summed E-state index contributed by atoms with van der Waals surface area (Å²) in [5.41, 5.74) is 1.79. The maximum Gasteiger partial charge on any atom is 0.234 e. The van der Waals surface area contributed by atoms with Crippen LogP contribution in [0.3, 0.4) is 0 Å². The lowest BCUT2D eigenvalue weighted by Crippen LogP contribution is -2.30. The monoisotopic (exact) mass is 485 g/mol. The second-order valence-corrected chi connectivity index (χ2v) is 9.11. The van der Waals surface area contributed by atoms with Crippen LogP contribution in [0.15, 0.2) is 64.2 Å². The van der Waals surface area contributed by atoms with Crippen molar-refractivity contribution in [2.75, 3.05) is 24.2 Å². The van der Waals surface area contributed by atoms with Crippen LogP contribution in [0.5, 0.6) is 0 Å². The molecule has 0 radical (unpaired) electrons. The van der Waals surface area contributed by atoms with Crippen molar-refractivity contribution in [3.63, 3.8) is 0 Å².